The third-order valence-electron chi connectivity index (χ3n) is 3.25. The van der Waals surface area contributed by atoms with Crippen molar-refractivity contribution >= 4 is 12.0 Å². The van der Waals surface area contributed by atoms with E-state index in [2.05, 4.69) is 0 Å². The quantitative estimate of drug-likeness (QED) is 0.791. The number of carbonyl (C=O) groups excluding carboxylic acids is 1. The van der Waals surface area contributed by atoms with Gasteiger partial charge in [-0.25, -0.2) is 4.79 Å². The highest BCUT2D eigenvalue weighted by Crippen LogP contribution is 2.17. The number of aliphatic carboxylic acids is 1. The minimum absolute atomic E-state index is 0.0669. The summed E-state index contributed by atoms with van der Waals surface area (Å²) in [6.45, 7) is 2.45. The number of carboxylic acid groups (broad SMARTS) is 1. The molecule has 0 bridgehead atoms. The van der Waals surface area contributed by atoms with Gasteiger partial charge in [-0.3, -0.25) is 4.79 Å². The van der Waals surface area contributed by atoms with Gasteiger partial charge in [0.15, 0.2) is 0 Å². The normalized spacial score (nSPS) is 20.0. The summed E-state index contributed by atoms with van der Waals surface area (Å²) in [6, 6.07) is -0.0669. The largest absolute Gasteiger partial charge is 0.481 e. The van der Waals surface area contributed by atoms with Crippen LogP contribution in [0.1, 0.15) is 12.8 Å². The summed E-state index contributed by atoms with van der Waals surface area (Å²) >= 11 is 0. The van der Waals surface area contributed by atoms with E-state index in [0.717, 1.165) is 13.0 Å². The van der Waals surface area contributed by atoms with Crippen molar-refractivity contribution < 1.29 is 14.7 Å². The number of likely N-dealkylation sites (N-methyl/N-ethyl adjacent to an activating group) is 2. The first-order valence-corrected chi connectivity index (χ1v) is 6.29. The number of amides is 2. The molecule has 0 aliphatic carbocycles. The van der Waals surface area contributed by atoms with Crippen molar-refractivity contribution in [2.24, 2.45) is 5.92 Å². The second-order valence-corrected chi connectivity index (χ2v) is 5.13. The van der Waals surface area contributed by atoms with Crippen LogP contribution in [0.5, 0.6) is 0 Å². The molecule has 18 heavy (non-hydrogen) atoms. The van der Waals surface area contributed by atoms with Crippen molar-refractivity contribution in [2.45, 2.75) is 12.8 Å². The molecule has 1 rings (SSSR count). The Bertz CT molecular complexity index is 307. The summed E-state index contributed by atoms with van der Waals surface area (Å²) in [4.78, 5) is 28.4. The molecule has 1 atom stereocenters. The van der Waals surface area contributed by atoms with Gasteiger partial charge in [-0.2, -0.15) is 0 Å². The molecule has 0 aromatic carbocycles. The highest BCUT2D eigenvalue weighted by molar-refractivity contribution is 5.76. The fourth-order valence-electron chi connectivity index (χ4n) is 2.04. The zero-order chi connectivity index (χ0) is 13.7. The van der Waals surface area contributed by atoms with Gasteiger partial charge < -0.3 is 19.8 Å². The minimum Gasteiger partial charge on any atom is -0.481 e. The monoisotopic (exact) mass is 257 g/mol. The summed E-state index contributed by atoms with van der Waals surface area (Å²) in [5.74, 6) is -1.21. The number of rotatable bonds is 4. The zero-order valence-electron chi connectivity index (χ0n) is 11.4. The van der Waals surface area contributed by atoms with Crippen LogP contribution in [-0.4, -0.2) is 79.1 Å². The first kappa shape index (κ1) is 14.8. The Kier molecular flexibility index (Phi) is 5.40. The molecule has 6 heteroatoms. The fraction of sp³-hybridized carbons (Fsp3) is 0.833. The van der Waals surface area contributed by atoms with Gasteiger partial charge in [-0.1, -0.05) is 0 Å². The van der Waals surface area contributed by atoms with Crippen LogP contribution in [0.4, 0.5) is 4.79 Å². The molecule has 0 spiro atoms. The van der Waals surface area contributed by atoms with Crippen molar-refractivity contribution in [3.8, 4) is 0 Å². The predicted molar refractivity (Wildman–Crippen MR) is 68.5 cm³/mol. The molecule has 1 unspecified atom stereocenters. The highest BCUT2D eigenvalue weighted by atomic mass is 16.4. The van der Waals surface area contributed by atoms with Crippen LogP contribution in [0.2, 0.25) is 0 Å². The molecule has 0 aromatic heterocycles. The van der Waals surface area contributed by atoms with Gasteiger partial charge in [-0.15, -0.1) is 0 Å². The summed E-state index contributed by atoms with van der Waals surface area (Å²) < 4.78 is 0. The molecule has 0 saturated carbocycles. The van der Waals surface area contributed by atoms with Crippen molar-refractivity contribution in [1.29, 1.82) is 0 Å². The van der Waals surface area contributed by atoms with Crippen LogP contribution in [0.15, 0.2) is 0 Å². The lowest BCUT2D eigenvalue weighted by atomic mass is 9.99. The van der Waals surface area contributed by atoms with Crippen LogP contribution >= 0.6 is 0 Å². The lowest BCUT2D eigenvalue weighted by Crippen LogP contribution is -2.48. The third kappa shape index (κ3) is 4.18. The molecule has 1 aliphatic heterocycles. The predicted octanol–water partition coefficient (Wildman–Crippen LogP) is 0.396. The number of likely N-dealkylation sites (tertiary alicyclic amines) is 1. The molecule has 104 valence electrons. The van der Waals surface area contributed by atoms with Gasteiger partial charge in [-0.05, 0) is 26.9 Å². The molecule has 1 saturated heterocycles. The maximum Gasteiger partial charge on any atom is 0.319 e. The minimum atomic E-state index is -0.802. The van der Waals surface area contributed by atoms with Crippen LogP contribution in [0.3, 0.4) is 0 Å². The standard InChI is InChI=1S/C12H23N3O3/c1-13(2)7-8-14(3)12(18)15-6-4-5-10(9-15)11(16)17/h10H,4-9H2,1-3H3,(H,16,17). The van der Waals surface area contributed by atoms with Crippen molar-refractivity contribution in [1.82, 2.24) is 14.7 Å². The number of piperidine rings is 1. The molecule has 1 heterocycles. The van der Waals surface area contributed by atoms with Gasteiger partial charge in [0.1, 0.15) is 0 Å². The molecule has 1 fully saturated rings. The average Bonchev–Trinajstić information content (AvgIpc) is 2.35. The van der Waals surface area contributed by atoms with E-state index in [9.17, 15) is 9.59 Å². The van der Waals surface area contributed by atoms with Gasteiger partial charge in [0.05, 0.1) is 5.92 Å². The Balaban J connectivity index is 2.47. The maximum absolute atomic E-state index is 12.1. The maximum atomic E-state index is 12.1. The SMILES string of the molecule is CN(C)CCN(C)C(=O)N1CCCC(C(=O)O)C1. The number of hydrogen-bond donors (Lipinski definition) is 1. The molecule has 0 aromatic rings. The highest BCUT2D eigenvalue weighted by Gasteiger charge is 2.29. The Morgan fingerprint density at radius 2 is 1.94 bits per heavy atom. The number of hydrogen-bond acceptors (Lipinski definition) is 3. The fourth-order valence-corrected chi connectivity index (χ4v) is 2.04. The Morgan fingerprint density at radius 3 is 2.50 bits per heavy atom. The van der Waals surface area contributed by atoms with E-state index in [-0.39, 0.29) is 6.03 Å². The lowest BCUT2D eigenvalue weighted by Gasteiger charge is -2.34. The second kappa shape index (κ2) is 6.58. The third-order valence-corrected chi connectivity index (χ3v) is 3.25. The van der Waals surface area contributed by atoms with E-state index in [4.69, 9.17) is 5.11 Å². The summed E-state index contributed by atoms with van der Waals surface area (Å²) in [6.07, 6.45) is 1.44. The van der Waals surface area contributed by atoms with E-state index >= 15 is 0 Å². The van der Waals surface area contributed by atoms with Gasteiger partial charge in [0, 0.05) is 33.2 Å². The van der Waals surface area contributed by atoms with Crippen molar-refractivity contribution in [3.63, 3.8) is 0 Å². The molecule has 1 N–H and O–H groups in total. The van der Waals surface area contributed by atoms with Gasteiger partial charge in [0.2, 0.25) is 0 Å². The molecule has 2 amide bonds. The van der Waals surface area contributed by atoms with Gasteiger partial charge >= 0.3 is 12.0 Å². The number of carboxylic acids is 1. The second-order valence-electron chi connectivity index (χ2n) is 5.13. The molecule has 1 aliphatic rings. The number of urea groups is 1. The van der Waals surface area contributed by atoms with Crippen molar-refractivity contribution in [2.75, 3.05) is 47.3 Å². The Morgan fingerprint density at radius 1 is 1.28 bits per heavy atom. The van der Waals surface area contributed by atoms with E-state index in [1.54, 1.807) is 16.8 Å². The summed E-state index contributed by atoms with van der Waals surface area (Å²) in [5.41, 5.74) is 0. The zero-order valence-corrected chi connectivity index (χ0v) is 11.4. The lowest BCUT2D eigenvalue weighted by molar-refractivity contribution is -0.143. The number of carbonyl (C=O) groups is 2. The number of nitrogens with zero attached hydrogens (tertiary/aromatic N) is 3. The van der Waals surface area contributed by atoms with Crippen LogP contribution in [0, 0.1) is 5.92 Å². The Labute approximate surface area is 108 Å². The first-order chi connectivity index (χ1) is 8.41. The topological polar surface area (TPSA) is 64.1 Å². The van der Waals surface area contributed by atoms with E-state index < -0.39 is 11.9 Å². The smallest absolute Gasteiger partial charge is 0.319 e. The van der Waals surface area contributed by atoms with Crippen LogP contribution < -0.4 is 0 Å². The summed E-state index contributed by atoms with van der Waals surface area (Å²) in [5, 5.41) is 8.99. The Hall–Kier alpha value is -1.30. The van der Waals surface area contributed by atoms with E-state index in [1.807, 2.05) is 19.0 Å². The van der Waals surface area contributed by atoms with Crippen LogP contribution in [0.25, 0.3) is 0 Å². The van der Waals surface area contributed by atoms with Crippen molar-refractivity contribution in [3.05, 3.63) is 0 Å². The van der Waals surface area contributed by atoms with E-state index in [1.165, 1.54) is 0 Å². The molecular formula is C12H23N3O3. The van der Waals surface area contributed by atoms with E-state index in [0.29, 0.717) is 26.1 Å². The van der Waals surface area contributed by atoms with Gasteiger partial charge in [0.25, 0.3) is 0 Å². The first-order valence-electron chi connectivity index (χ1n) is 6.29. The van der Waals surface area contributed by atoms with Crippen LogP contribution in [-0.2, 0) is 4.79 Å². The molecular weight excluding hydrogens is 234 g/mol. The average molecular weight is 257 g/mol. The molecule has 6 nitrogen and oxygen atoms in total. The molecule has 0 radical (unpaired) electrons. The summed E-state index contributed by atoms with van der Waals surface area (Å²) in [7, 11) is 5.68.